The van der Waals surface area contributed by atoms with Gasteiger partial charge in [-0.05, 0) is 5.56 Å². The predicted molar refractivity (Wildman–Crippen MR) is 66.9 cm³/mol. The number of halogens is 1. The highest BCUT2D eigenvalue weighted by Gasteiger charge is 2.45. The first kappa shape index (κ1) is 12.4. The molecule has 0 aliphatic carbocycles. The second-order valence-electron chi connectivity index (χ2n) is 5.65. The predicted octanol–water partition coefficient (Wildman–Crippen LogP) is 2.79. The zero-order valence-corrected chi connectivity index (χ0v) is 10.7. The van der Waals surface area contributed by atoms with E-state index >= 15 is 4.39 Å². The van der Waals surface area contributed by atoms with Crippen LogP contribution < -0.4 is 10.5 Å². The summed E-state index contributed by atoms with van der Waals surface area (Å²) in [5, 5.41) is 0. The van der Waals surface area contributed by atoms with Crippen LogP contribution in [0.2, 0.25) is 0 Å². The molecule has 1 atom stereocenters. The van der Waals surface area contributed by atoms with Crippen LogP contribution in [0.15, 0.2) is 18.2 Å². The van der Waals surface area contributed by atoms with Crippen LogP contribution in [0, 0.1) is 5.41 Å². The van der Waals surface area contributed by atoms with Gasteiger partial charge < -0.3 is 10.5 Å². The van der Waals surface area contributed by atoms with Gasteiger partial charge in [0, 0.05) is 23.9 Å². The Balaban J connectivity index is 2.56. The van der Waals surface area contributed by atoms with Gasteiger partial charge in [0.2, 0.25) is 0 Å². The topological polar surface area (TPSA) is 35.2 Å². The third-order valence-corrected chi connectivity index (χ3v) is 3.61. The van der Waals surface area contributed by atoms with Crippen molar-refractivity contribution in [2.75, 3.05) is 13.2 Å². The lowest BCUT2D eigenvalue weighted by Crippen LogP contribution is -2.42. The molecule has 0 saturated carbocycles. The molecule has 0 fully saturated rings. The Morgan fingerprint density at radius 3 is 2.65 bits per heavy atom. The quantitative estimate of drug-likeness (QED) is 0.858. The fourth-order valence-electron chi connectivity index (χ4n) is 2.35. The first-order valence-electron chi connectivity index (χ1n) is 6.04. The fraction of sp³-hybridized carbons (Fsp3) is 0.571. The zero-order chi connectivity index (χ0) is 12.7. The smallest absolute Gasteiger partial charge is 0.156 e. The Hall–Kier alpha value is -1.09. The number of ether oxygens (including phenoxy) is 1. The number of para-hydroxylation sites is 1. The molecule has 2 rings (SSSR count). The van der Waals surface area contributed by atoms with E-state index in [1.807, 2.05) is 32.9 Å². The molecule has 17 heavy (non-hydrogen) atoms. The normalized spacial score (nSPS) is 18.4. The van der Waals surface area contributed by atoms with Gasteiger partial charge in [0.15, 0.2) is 5.67 Å². The van der Waals surface area contributed by atoms with Gasteiger partial charge in [-0.25, -0.2) is 4.39 Å². The highest BCUT2D eigenvalue weighted by atomic mass is 19.1. The summed E-state index contributed by atoms with van der Waals surface area (Å²) in [6, 6.07) is 5.67. The van der Waals surface area contributed by atoms with E-state index in [2.05, 4.69) is 0 Å². The maximum atomic E-state index is 15.2. The summed E-state index contributed by atoms with van der Waals surface area (Å²) in [5.41, 5.74) is 5.27. The molecule has 2 nitrogen and oxygen atoms in total. The van der Waals surface area contributed by atoms with Crippen molar-refractivity contribution in [2.45, 2.75) is 32.9 Å². The summed E-state index contributed by atoms with van der Waals surface area (Å²) < 4.78 is 20.8. The van der Waals surface area contributed by atoms with Gasteiger partial charge in [-0.2, -0.15) is 0 Å². The van der Waals surface area contributed by atoms with Gasteiger partial charge in [0.05, 0.1) is 6.61 Å². The highest BCUT2D eigenvalue weighted by Crippen LogP contribution is 2.47. The summed E-state index contributed by atoms with van der Waals surface area (Å²) in [4.78, 5) is 0. The van der Waals surface area contributed by atoms with E-state index in [9.17, 15) is 0 Å². The molecule has 2 N–H and O–H groups in total. The Morgan fingerprint density at radius 1 is 1.35 bits per heavy atom. The second kappa shape index (κ2) is 3.98. The number of rotatable bonds is 2. The standard InChI is InChI=1S/C14H20FNO/c1-13(2,3)14(15,9-16)11-6-4-5-10-7-8-17-12(10)11/h4-6H,7-9,16H2,1-3H3. The van der Waals surface area contributed by atoms with Crippen molar-refractivity contribution in [3.8, 4) is 5.75 Å². The van der Waals surface area contributed by atoms with Crippen molar-refractivity contribution in [3.63, 3.8) is 0 Å². The molecule has 0 radical (unpaired) electrons. The zero-order valence-electron chi connectivity index (χ0n) is 10.7. The van der Waals surface area contributed by atoms with Crippen LogP contribution in [-0.2, 0) is 12.1 Å². The van der Waals surface area contributed by atoms with E-state index in [1.54, 1.807) is 6.07 Å². The molecule has 1 unspecified atom stereocenters. The average molecular weight is 237 g/mol. The Kier molecular flexibility index (Phi) is 2.90. The first-order valence-corrected chi connectivity index (χ1v) is 6.04. The Morgan fingerprint density at radius 2 is 2.06 bits per heavy atom. The van der Waals surface area contributed by atoms with E-state index in [0.29, 0.717) is 17.9 Å². The number of fused-ring (bicyclic) bond motifs is 1. The summed E-state index contributed by atoms with van der Waals surface area (Å²) in [6.45, 7) is 6.21. The lowest BCUT2D eigenvalue weighted by atomic mass is 9.73. The molecular formula is C14H20FNO. The molecular weight excluding hydrogens is 217 g/mol. The molecule has 3 heteroatoms. The maximum absolute atomic E-state index is 15.2. The van der Waals surface area contributed by atoms with Gasteiger partial charge in [-0.1, -0.05) is 39.0 Å². The molecule has 1 heterocycles. The molecule has 94 valence electrons. The lowest BCUT2D eigenvalue weighted by Gasteiger charge is -2.38. The molecule has 1 aromatic rings. The highest BCUT2D eigenvalue weighted by molar-refractivity contribution is 5.48. The minimum Gasteiger partial charge on any atom is -0.493 e. The number of alkyl halides is 1. The molecule has 1 aliphatic heterocycles. The lowest BCUT2D eigenvalue weighted by molar-refractivity contribution is 0.0318. The minimum absolute atomic E-state index is 0.0314. The maximum Gasteiger partial charge on any atom is 0.156 e. The molecule has 0 amide bonds. The largest absolute Gasteiger partial charge is 0.493 e. The van der Waals surface area contributed by atoms with Crippen molar-refractivity contribution in [3.05, 3.63) is 29.3 Å². The van der Waals surface area contributed by atoms with Gasteiger partial charge in [0.25, 0.3) is 0 Å². The van der Waals surface area contributed by atoms with Crippen LogP contribution in [0.1, 0.15) is 31.9 Å². The first-order chi connectivity index (χ1) is 7.90. The van der Waals surface area contributed by atoms with E-state index in [0.717, 1.165) is 12.0 Å². The van der Waals surface area contributed by atoms with Gasteiger partial charge >= 0.3 is 0 Å². The number of nitrogens with two attached hydrogens (primary N) is 1. The minimum atomic E-state index is -1.55. The van der Waals surface area contributed by atoms with Crippen LogP contribution in [0.4, 0.5) is 4.39 Å². The summed E-state index contributed by atoms with van der Waals surface area (Å²) in [6.07, 6.45) is 0.855. The van der Waals surface area contributed by atoms with Crippen molar-refractivity contribution >= 4 is 0 Å². The number of benzene rings is 1. The molecule has 1 aromatic carbocycles. The molecule has 0 aromatic heterocycles. The number of hydrogen-bond acceptors (Lipinski definition) is 2. The summed E-state index contributed by atoms with van der Waals surface area (Å²) in [5.74, 6) is 0.704. The van der Waals surface area contributed by atoms with Crippen molar-refractivity contribution in [1.82, 2.24) is 0 Å². The van der Waals surface area contributed by atoms with Crippen molar-refractivity contribution < 1.29 is 9.13 Å². The Bertz CT molecular complexity index is 425. The molecule has 0 bridgehead atoms. The number of hydrogen-bond donors (Lipinski definition) is 1. The molecule has 0 spiro atoms. The summed E-state index contributed by atoms with van der Waals surface area (Å²) >= 11 is 0. The van der Waals surface area contributed by atoms with Crippen LogP contribution in [0.25, 0.3) is 0 Å². The second-order valence-corrected chi connectivity index (χ2v) is 5.65. The van der Waals surface area contributed by atoms with Crippen LogP contribution in [0.5, 0.6) is 5.75 Å². The van der Waals surface area contributed by atoms with E-state index in [-0.39, 0.29) is 6.54 Å². The van der Waals surface area contributed by atoms with Gasteiger partial charge in [-0.3, -0.25) is 0 Å². The van der Waals surface area contributed by atoms with Crippen LogP contribution >= 0.6 is 0 Å². The van der Waals surface area contributed by atoms with E-state index in [4.69, 9.17) is 10.5 Å². The van der Waals surface area contributed by atoms with E-state index in [1.165, 1.54) is 0 Å². The van der Waals surface area contributed by atoms with Crippen molar-refractivity contribution in [1.29, 1.82) is 0 Å². The fourth-order valence-corrected chi connectivity index (χ4v) is 2.35. The molecule has 1 aliphatic rings. The Labute approximate surface area is 102 Å². The SMILES string of the molecule is CC(C)(C)C(F)(CN)c1cccc2c1OCC2. The van der Waals surface area contributed by atoms with Crippen LogP contribution in [0.3, 0.4) is 0 Å². The molecule has 0 saturated heterocycles. The van der Waals surface area contributed by atoms with E-state index < -0.39 is 11.1 Å². The average Bonchev–Trinajstić information content (AvgIpc) is 2.73. The third kappa shape index (κ3) is 1.82. The van der Waals surface area contributed by atoms with Gasteiger partial charge in [0.1, 0.15) is 5.75 Å². The monoisotopic (exact) mass is 237 g/mol. The van der Waals surface area contributed by atoms with Crippen LogP contribution in [-0.4, -0.2) is 13.2 Å². The third-order valence-electron chi connectivity index (χ3n) is 3.61. The van der Waals surface area contributed by atoms with Gasteiger partial charge in [-0.15, -0.1) is 0 Å². The summed E-state index contributed by atoms with van der Waals surface area (Å²) in [7, 11) is 0. The van der Waals surface area contributed by atoms with Crippen molar-refractivity contribution in [2.24, 2.45) is 11.1 Å².